The lowest BCUT2D eigenvalue weighted by Crippen LogP contribution is -2.31. The number of nitrogens with one attached hydrogen (secondary N) is 1. The van der Waals surface area contributed by atoms with Crippen LogP contribution in [0, 0.1) is 0 Å². The summed E-state index contributed by atoms with van der Waals surface area (Å²) in [5, 5.41) is 12.4. The highest BCUT2D eigenvalue weighted by atomic mass is 32.2. The number of carbonyl (C=O) groups excluding carboxylic acids is 1. The standard InChI is InChI=1S/C20H21N5OS/c1-14(2)21-18(26)13-27-20-23-22-19-24(12-15-8-4-3-5-9-15)16-10-6-7-11-17(16)25(19)20/h3-11,14H,12-13H2,1-2H3,(H,21,26). The van der Waals surface area contributed by atoms with Crippen LogP contribution in [0.15, 0.2) is 59.8 Å². The molecule has 0 bridgehead atoms. The number of nitrogens with zero attached hydrogens (tertiary/aromatic N) is 4. The third-order valence-corrected chi connectivity index (χ3v) is 5.17. The van der Waals surface area contributed by atoms with Gasteiger partial charge in [-0.25, -0.2) is 0 Å². The molecule has 0 aliphatic rings. The molecule has 1 amide bonds. The monoisotopic (exact) mass is 379 g/mol. The van der Waals surface area contributed by atoms with Gasteiger partial charge in [-0.15, -0.1) is 10.2 Å². The molecule has 4 rings (SSSR count). The molecule has 4 aromatic rings. The van der Waals surface area contributed by atoms with Crippen molar-refractivity contribution in [1.29, 1.82) is 0 Å². The highest BCUT2D eigenvalue weighted by Gasteiger charge is 2.18. The average Bonchev–Trinajstić information content (AvgIpc) is 3.20. The molecule has 0 radical (unpaired) electrons. The summed E-state index contributed by atoms with van der Waals surface area (Å²) in [6.07, 6.45) is 0. The highest BCUT2D eigenvalue weighted by Crippen LogP contribution is 2.26. The second-order valence-electron chi connectivity index (χ2n) is 6.69. The number of aromatic nitrogens is 4. The third kappa shape index (κ3) is 3.55. The van der Waals surface area contributed by atoms with Gasteiger partial charge in [0.1, 0.15) is 0 Å². The number of hydrogen-bond donors (Lipinski definition) is 1. The van der Waals surface area contributed by atoms with Gasteiger partial charge in [0.05, 0.1) is 23.3 Å². The van der Waals surface area contributed by atoms with Gasteiger partial charge in [-0.1, -0.05) is 54.2 Å². The zero-order chi connectivity index (χ0) is 18.8. The zero-order valence-corrected chi connectivity index (χ0v) is 16.1. The third-order valence-electron chi connectivity index (χ3n) is 4.24. The van der Waals surface area contributed by atoms with E-state index in [4.69, 9.17) is 0 Å². The molecule has 27 heavy (non-hydrogen) atoms. The average molecular weight is 379 g/mol. The maximum absolute atomic E-state index is 12.0. The maximum atomic E-state index is 12.0. The lowest BCUT2D eigenvalue weighted by molar-refractivity contribution is -0.119. The molecule has 0 fully saturated rings. The van der Waals surface area contributed by atoms with Crippen LogP contribution in [0.2, 0.25) is 0 Å². The molecule has 0 aliphatic carbocycles. The van der Waals surface area contributed by atoms with Crippen LogP contribution in [0.4, 0.5) is 0 Å². The van der Waals surface area contributed by atoms with E-state index in [2.05, 4.69) is 44.3 Å². The summed E-state index contributed by atoms with van der Waals surface area (Å²) in [5.74, 6) is 1.10. The molecule has 1 N–H and O–H groups in total. The number of amides is 1. The number of para-hydroxylation sites is 2. The number of hydrogen-bond acceptors (Lipinski definition) is 4. The molecule has 0 unspecified atom stereocenters. The Morgan fingerprint density at radius 1 is 1.04 bits per heavy atom. The first-order valence-corrected chi connectivity index (χ1v) is 9.90. The topological polar surface area (TPSA) is 64.2 Å². The minimum atomic E-state index is -0.000209. The van der Waals surface area contributed by atoms with E-state index in [0.29, 0.717) is 12.3 Å². The van der Waals surface area contributed by atoms with Crippen LogP contribution >= 0.6 is 11.8 Å². The normalized spacial score (nSPS) is 11.5. The fourth-order valence-corrected chi connectivity index (χ4v) is 3.90. The van der Waals surface area contributed by atoms with Crippen molar-refractivity contribution in [2.75, 3.05) is 5.75 Å². The lowest BCUT2D eigenvalue weighted by Gasteiger charge is -2.06. The molecule has 7 heteroatoms. The number of thioether (sulfide) groups is 1. The molecular weight excluding hydrogens is 358 g/mol. The Bertz CT molecular complexity index is 1080. The van der Waals surface area contributed by atoms with Crippen LogP contribution in [0.3, 0.4) is 0 Å². The molecule has 138 valence electrons. The van der Waals surface area contributed by atoms with Crippen molar-refractivity contribution in [3.63, 3.8) is 0 Å². The van der Waals surface area contributed by atoms with E-state index in [-0.39, 0.29) is 11.9 Å². The smallest absolute Gasteiger partial charge is 0.237 e. The maximum Gasteiger partial charge on any atom is 0.237 e. The van der Waals surface area contributed by atoms with Gasteiger partial charge in [-0.2, -0.15) is 0 Å². The quantitative estimate of drug-likeness (QED) is 0.522. The largest absolute Gasteiger partial charge is 0.353 e. The van der Waals surface area contributed by atoms with Crippen LogP contribution in [0.1, 0.15) is 19.4 Å². The predicted molar refractivity (Wildman–Crippen MR) is 108 cm³/mol. The molecule has 0 saturated heterocycles. The van der Waals surface area contributed by atoms with E-state index in [1.165, 1.54) is 17.3 Å². The van der Waals surface area contributed by atoms with Gasteiger partial charge < -0.3 is 9.88 Å². The number of fused-ring (bicyclic) bond motifs is 3. The number of imidazole rings is 1. The summed E-state index contributed by atoms with van der Waals surface area (Å²) >= 11 is 1.41. The van der Waals surface area contributed by atoms with E-state index >= 15 is 0 Å². The summed E-state index contributed by atoms with van der Waals surface area (Å²) in [6, 6.07) is 18.6. The Hall–Kier alpha value is -2.80. The van der Waals surface area contributed by atoms with Crippen LogP contribution in [-0.2, 0) is 11.3 Å². The van der Waals surface area contributed by atoms with Crippen LogP contribution in [0.25, 0.3) is 16.8 Å². The first-order chi connectivity index (χ1) is 13.1. The van der Waals surface area contributed by atoms with Crippen LogP contribution < -0.4 is 5.32 Å². The predicted octanol–water partition coefficient (Wildman–Crippen LogP) is 3.35. The molecule has 0 spiro atoms. The van der Waals surface area contributed by atoms with Crippen molar-refractivity contribution in [3.8, 4) is 0 Å². The molecular formula is C20H21N5OS. The van der Waals surface area contributed by atoms with Gasteiger partial charge in [0.15, 0.2) is 5.16 Å². The molecule has 0 aliphatic heterocycles. The van der Waals surface area contributed by atoms with Crippen molar-refractivity contribution in [2.45, 2.75) is 31.6 Å². The molecule has 0 saturated carbocycles. The van der Waals surface area contributed by atoms with Gasteiger partial charge in [-0.3, -0.25) is 9.20 Å². The Labute approximate surface area is 161 Å². The van der Waals surface area contributed by atoms with Crippen molar-refractivity contribution in [3.05, 3.63) is 60.2 Å². The van der Waals surface area contributed by atoms with Gasteiger partial charge in [0.25, 0.3) is 0 Å². The number of carbonyl (C=O) groups is 1. The van der Waals surface area contributed by atoms with E-state index in [1.54, 1.807) is 0 Å². The van der Waals surface area contributed by atoms with Crippen molar-refractivity contribution in [2.24, 2.45) is 0 Å². The van der Waals surface area contributed by atoms with E-state index in [9.17, 15) is 4.79 Å². The first kappa shape index (κ1) is 17.6. The summed E-state index contributed by atoms with van der Waals surface area (Å²) in [7, 11) is 0. The van der Waals surface area contributed by atoms with E-state index < -0.39 is 0 Å². The fraction of sp³-hybridized carbons (Fsp3) is 0.250. The summed E-state index contributed by atoms with van der Waals surface area (Å²) in [4.78, 5) is 12.0. The van der Waals surface area contributed by atoms with Gasteiger partial charge in [-0.05, 0) is 31.5 Å². The number of benzene rings is 2. The second-order valence-corrected chi connectivity index (χ2v) is 7.63. The minimum absolute atomic E-state index is 0.000209. The van der Waals surface area contributed by atoms with Crippen LogP contribution in [-0.4, -0.2) is 36.9 Å². The van der Waals surface area contributed by atoms with Gasteiger partial charge in [0.2, 0.25) is 11.7 Å². The summed E-state index contributed by atoms with van der Waals surface area (Å²) in [6.45, 7) is 4.62. The van der Waals surface area contributed by atoms with E-state index in [1.807, 2.05) is 48.6 Å². The van der Waals surface area contributed by atoms with Crippen LogP contribution in [0.5, 0.6) is 0 Å². The zero-order valence-electron chi connectivity index (χ0n) is 15.3. The Morgan fingerprint density at radius 2 is 1.74 bits per heavy atom. The summed E-state index contributed by atoms with van der Waals surface area (Å²) < 4.78 is 4.20. The van der Waals surface area contributed by atoms with E-state index in [0.717, 1.165) is 22.0 Å². The minimum Gasteiger partial charge on any atom is -0.353 e. The molecule has 2 aromatic heterocycles. The van der Waals surface area contributed by atoms with Crippen molar-refractivity contribution in [1.82, 2.24) is 24.5 Å². The first-order valence-electron chi connectivity index (χ1n) is 8.92. The second kappa shape index (κ2) is 7.44. The highest BCUT2D eigenvalue weighted by molar-refractivity contribution is 7.99. The lowest BCUT2D eigenvalue weighted by atomic mass is 10.2. The van der Waals surface area contributed by atoms with Crippen molar-refractivity contribution < 1.29 is 4.79 Å². The molecule has 2 heterocycles. The Kier molecular flexibility index (Phi) is 4.85. The SMILES string of the molecule is CC(C)NC(=O)CSc1nnc2n(Cc3ccccc3)c3ccccc3n12. The Morgan fingerprint density at radius 3 is 2.48 bits per heavy atom. The Balaban J connectivity index is 1.72. The molecule has 2 aromatic carbocycles. The fourth-order valence-electron chi connectivity index (χ4n) is 3.15. The summed E-state index contributed by atoms with van der Waals surface area (Å²) in [5.41, 5.74) is 3.34. The molecule has 0 atom stereocenters. The van der Waals surface area contributed by atoms with Crippen molar-refractivity contribution >= 4 is 34.5 Å². The number of rotatable bonds is 6. The van der Waals surface area contributed by atoms with Gasteiger partial charge in [0, 0.05) is 6.04 Å². The molecule has 6 nitrogen and oxygen atoms in total. The van der Waals surface area contributed by atoms with Gasteiger partial charge >= 0.3 is 0 Å².